The van der Waals surface area contributed by atoms with Gasteiger partial charge in [0, 0.05) is 19.6 Å². The number of carboxylic acids is 1. The summed E-state index contributed by atoms with van der Waals surface area (Å²) in [5, 5.41) is 8.82. The van der Waals surface area contributed by atoms with E-state index in [4.69, 9.17) is 9.84 Å². The normalized spacial score (nSPS) is 17.0. The lowest BCUT2D eigenvalue weighted by Crippen LogP contribution is -2.38. The van der Waals surface area contributed by atoms with Gasteiger partial charge in [-0.2, -0.15) is 0 Å². The van der Waals surface area contributed by atoms with Crippen LogP contribution in [0.15, 0.2) is 0 Å². The van der Waals surface area contributed by atoms with Crippen LogP contribution in [0.25, 0.3) is 0 Å². The van der Waals surface area contributed by atoms with Gasteiger partial charge in [-0.25, -0.2) is 0 Å². The van der Waals surface area contributed by atoms with E-state index in [1.54, 1.807) is 0 Å². The third kappa shape index (κ3) is 8.51. The van der Waals surface area contributed by atoms with E-state index in [1.807, 2.05) is 0 Å². The molecule has 0 spiro atoms. The zero-order valence-corrected chi connectivity index (χ0v) is 13.0. The fourth-order valence-electron chi connectivity index (χ4n) is 2.37. The maximum Gasteiger partial charge on any atom is 0.304 e. The van der Waals surface area contributed by atoms with Crippen molar-refractivity contribution in [1.29, 1.82) is 0 Å². The molecule has 0 radical (unpaired) electrons. The monoisotopic (exact) mass is 286 g/mol. The number of aliphatic carboxylic acids is 1. The van der Waals surface area contributed by atoms with E-state index < -0.39 is 5.97 Å². The van der Waals surface area contributed by atoms with Crippen molar-refractivity contribution in [2.24, 2.45) is 5.92 Å². The first kappa shape index (κ1) is 17.4. The van der Waals surface area contributed by atoms with Gasteiger partial charge in [0.25, 0.3) is 0 Å². The molecule has 1 saturated heterocycles. The number of nitrogens with zero attached hydrogens (tertiary/aromatic N) is 2. The second-order valence-corrected chi connectivity index (χ2v) is 5.98. The SMILES string of the molecule is CC(C)CCN(CCCN1CCOCC1)CCC(=O)O. The number of morpholine rings is 1. The molecule has 0 aliphatic carbocycles. The molecular weight excluding hydrogens is 256 g/mol. The average molecular weight is 286 g/mol. The second kappa shape index (κ2) is 10.1. The maximum absolute atomic E-state index is 10.7. The molecule has 0 saturated carbocycles. The lowest BCUT2D eigenvalue weighted by atomic mass is 10.1. The summed E-state index contributed by atoms with van der Waals surface area (Å²) in [5.41, 5.74) is 0. The van der Waals surface area contributed by atoms with E-state index in [0.717, 1.165) is 58.8 Å². The third-order valence-electron chi connectivity index (χ3n) is 3.72. The minimum absolute atomic E-state index is 0.246. The first-order valence-corrected chi connectivity index (χ1v) is 7.82. The van der Waals surface area contributed by atoms with Crippen LogP contribution in [0.2, 0.25) is 0 Å². The Morgan fingerprint density at radius 3 is 2.55 bits per heavy atom. The van der Waals surface area contributed by atoms with Crippen LogP contribution in [0.3, 0.4) is 0 Å². The highest BCUT2D eigenvalue weighted by atomic mass is 16.5. The van der Waals surface area contributed by atoms with E-state index in [-0.39, 0.29) is 6.42 Å². The van der Waals surface area contributed by atoms with Crippen molar-refractivity contribution in [1.82, 2.24) is 9.80 Å². The summed E-state index contributed by atoms with van der Waals surface area (Å²) in [7, 11) is 0. The Kier molecular flexibility index (Phi) is 8.82. The zero-order valence-electron chi connectivity index (χ0n) is 13.0. The topological polar surface area (TPSA) is 53.0 Å². The van der Waals surface area contributed by atoms with Crippen molar-refractivity contribution in [3.8, 4) is 0 Å². The second-order valence-electron chi connectivity index (χ2n) is 5.98. The minimum Gasteiger partial charge on any atom is -0.481 e. The predicted octanol–water partition coefficient (Wildman–Crippen LogP) is 1.53. The molecule has 1 fully saturated rings. The van der Waals surface area contributed by atoms with Crippen LogP contribution >= 0.6 is 0 Å². The third-order valence-corrected chi connectivity index (χ3v) is 3.72. The largest absolute Gasteiger partial charge is 0.481 e. The Bertz CT molecular complexity index is 266. The van der Waals surface area contributed by atoms with Gasteiger partial charge in [0.2, 0.25) is 0 Å². The van der Waals surface area contributed by atoms with Crippen LogP contribution in [0.1, 0.15) is 33.1 Å². The number of rotatable bonds is 10. The zero-order chi connectivity index (χ0) is 14.8. The van der Waals surface area contributed by atoms with E-state index in [0.29, 0.717) is 12.5 Å². The Labute approximate surface area is 122 Å². The first-order chi connectivity index (χ1) is 9.58. The van der Waals surface area contributed by atoms with Crippen LogP contribution in [0.4, 0.5) is 0 Å². The Morgan fingerprint density at radius 1 is 1.25 bits per heavy atom. The van der Waals surface area contributed by atoms with Gasteiger partial charge in [-0.05, 0) is 38.4 Å². The number of carbonyl (C=O) groups is 1. The van der Waals surface area contributed by atoms with Crippen LogP contribution < -0.4 is 0 Å². The van der Waals surface area contributed by atoms with Gasteiger partial charge in [-0.3, -0.25) is 9.69 Å². The summed E-state index contributed by atoms with van der Waals surface area (Å²) in [6.45, 7) is 11.9. The molecule has 0 aromatic heterocycles. The molecule has 1 heterocycles. The van der Waals surface area contributed by atoms with Crippen LogP contribution in [-0.4, -0.2) is 73.4 Å². The summed E-state index contributed by atoms with van der Waals surface area (Å²) in [5.74, 6) is -0.0331. The molecule has 118 valence electrons. The molecular formula is C15H30N2O3. The molecule has 0 bridgehead atoms. The number of carboxylic acid groups (broad SMARTS) is 1. The lowest BCUT2D eigenvalue weighted by Gasteiger charge is -2.28. The van der Waals surface area contributed by atoms with Crippen molar-refractivity contribution in [2.45, 2.75) is 33.1 Å². The highest BCUT2D eigenvalue weighted by Crippen LogP contribution is 2.05. The van der Waals surface area contributed by atoms with Crippen molar-refractivity contribution >= 4 is 5.97 Å². The average Bonchev–Trinajstić information content (AvgIpc) is 2.42. The van der Waals surface area contributed by atoms with Crippen molar-refractivity contribution in [2.75, 3.05) is 52.5 Å². The summed E-state index contributed by atoms with van der Waals surface area (Å²) >= 11 is 0. The smallest absolute Gasteiger partial charge is 0.304 e. The molecule has 5 heteroatoms. The molecule has 0 aromatic carbocycles. The molecule has 0 aromatic rings. The van der Waals surface area contributed by atoms with Gasteiger partial charge in [-0.15, -0.1) is 0 Å². The summed E-state index contributed by atoms with van der Waals surface area (Å²) in [6.07, 6.45) is 2.49. The van der Waals surface area contributed by atoms with E-state index in [1.165, 1.54) is 0 Å². The Morgan fingerprint density at radius 2 is 1.95 bits per heavy atom. The van der Waals surface area contributed by atoms with Gasteiger partial charge in [0.05, 0.1) is 19.6 Å². The summed E-state index contributed by atoms with van der Waals surface area (Å²) in [4.78, 5) is 15.4. The molecule has 1 aliphatic heterocycles. The van der Waals surface area contributed by atoms with Crippen LogP contribution in [0.5, 0.6) is 0 Å². The van der Waals surface area contributed by atoms with Crippen molar-refractivity contribution in [3.63, 3.8) is 0 Å². The molecule has 0 atom stereocenters. The Hall–Kier alpha value is -0.650. The van der Waals surface area contributed by atoms with Gasteiger partial charge in [-0.1, -0.05) is 13.8 Å². The summed E-state index contributed by atoms with van der Waals surface area (Å²) < 4.78 is 5.34. The minimum atomic E-state index is -0.701. The Balaban J connectivity index is 2.21. The molecule has 5 nitrogen and oxygen atoms in total. The van der Waals surface area contributed by atoms with E-state index in [2.05, 4.69) is 23.6 Å². The number of hydrogen-bond acceptors (Lipinski definition) is 4. The fourth-order valence-corrected chi connectivity index (χ4v) is 2.37. The highest BCUT2D eigenvalue weighted by Gasteiger charge is 2.12. The highest BCUT2D eigenvalue weighted by molar-refractivity contribution is 5.66. The van der Waals surface area contributed by atoms with E-state index in [9.17, 15) is 4.79 Å². The predicted molar refractivity (Wildman–Crippen MR) is 80.0 cm³/mol. The number of ether oxygens (including phenoxy) is 1. The lowest BCUT2D eigenvalue weighted by molar-refractivity contribution is -0.137. The molecule has 0 amide bonds. The standard InChI is InChI=1S/C15H30N2O3/c1-14(2)4-8-16(9-5-15(18)19)6-3-7-17-10-12-20-13-11-17/h14H,3-13H2,1-2H3,(H,18,19). The summed E-state index contributed by atoms with van der Waals surface area (Å²) in [6, 6.07) is 0. The van der Waals surface area contributed by atoms with Gasteiger partial charge < -0.3 is 14.7 Å². The number of hydrogen-bond donors (Lipinski definition) is 1. The van der Waals surface area contributed by atoms with Crippen molar-refractivity contribution in [3.05, 3.63) is 0 Å². The van der Waals surface area contributed by atoms with Crippen molar-refractivity contribution < 1.29 is 14.6 Å². The maximum atomic E-state index is 10.7. The van der Waals surface area contributed by atoms with E-state index >= 15 is 0 Å². The first-order valence-electron chi connectivity index (χ1n) is 7.82. The molecule has 1 aliphatic rings. The quantitative estimate of drug-likeness (QED) is 0.660. The van der Waals surface area contributed by atoms with Crippen LogP contribution in [0, 0.1) is 5.92 Å². The van der Waals surface area contributed by atoms with Gasteiger partial charge in [0.15, 0.2) is 0 Å². The molecule has 1 N–H and O–H groups in total. The van der Waals surface area contributed by atoms with Crippen LogP contribution in [-0.2, 0) is 9.53 Å². The molecule has 1 rings (SSSR count). The molecule has 0 unspecified atom stereocenters. The van der Waals surface area contributed by atoms with Gasteiger partial charge in [0.1, 0.15) is 0 Å². The fraction of sp³-hybridized carbons (Fsp3) is 0.933. The van der Waals surface area contributed by atoms with Gasteiger partial charge >= 0.3 is 5.97 Å². The molecule has 20 heavy (non-hydrogen) atoms.